The van der Waals surface area contributed by atoms with Gasteiger partial charge in [0.1, 0.15) is 17.3 Å². The third kappa shape index (κ3) is 1.58. The molecule has 2 nitrogen and oxygen atoms in total. The maximum atomic E-state index is 10.2. The van der Waals surface area contributed by atoms with E-state index >= 15 is 0 Å². The van der Waals surface area contributed by atoms with Crippen LogP contribution in [0.25, 0.3) is 16.3 Å². The molecule has 0 amide bonds. The first kappa shape index (κ1) is 12.3. The Morgan fingerprint density at radius 1 is 1.05 bits per heavy atom. The quantitative estimate of drug-likeness (QED) is 0.858. The molecule has 1 aliphatic rings. The molecule has 1 heterocycles. The topological polar surface area (TPSA) is 29.5 Å². The van der Waals surface area contributed by atoms with E-state index in [1.807, 2.05) is 24.3 Å². The second-order valence-corrected chi connectivity index (χ2v) is 4.58. The Kier molecular flexibility index (Phi) is 2.72. The highest BCUT2D eigenvalue weighted by Gasteiger charge is 2.23. The van der Waals surface area contributed by atoms with Gasteiger partial charge in [-0.15, -0.1) is 0 Å². The maximum Gasteiger partial charge on any atom is 0.136 e. The molecule has 0 unspecified atom stereocenters. The molecule has 0 spiro atoms. The zero-order valence-corrected chi connectivity index (χ0v) is 11.0. The van der Waals surface area contributed by atoms with E-state index in [1.165, 1.54) is 0 Å². The monoisotopic (exact) mass is 262 g/mol. The van der Waals surface area contributed by atoms with Gasteiger partial charge in [0, 0.05) is 16.5 Å². The predicted octanol–water partition coefficient (Wildman–Crippen LogP) is 4.58. The number of allylic oxidation sites excluding steroid dienone is 4. The van der Waals surface area contributed by atoms with Crippen molar-refractivity contribution in [3.05, 3.63) is 79.1 Å². The second kappa shape index (κ2) is 4.42. The van der Waals surface area contributed by atoms with Crippen molar-refractivity contribution < 1.29 is 9.84 Å². The molecule has 0 bridgehead atoms. The van der Waals surface area contributed by atoms with E-state index in [9.17, 15) is 5.11 Å². The van der Waals surface area contributed by atoms with E-state index in [0.717, 1.165) is 27.5 Å². The molecule has 0 aromatic heterocycles. The Morgan fingerprint density at radius 3 is 2.55 bits per heavy atom. The number of hydrogen-bond acceptors (Lipinski definition) is 2. The fraction of sp³-hybridized carbons (Fsp3) is 0. The molecule has 20 heavy (non-hydrogen) atoms. The van der Waals surface area contributed by atoms with Crippen molar-refractivity contribution in [1.29, 1.82) is 0 Å². The Hall–Kier alpha value is -2.74. The highest BCUT2D eigenvalue weighted by Crippen LogP contribution is 2.44. The summed E-state index contributed by atoms with van der Waals surface area (Å²) in [6.45, 7) is 11.7. The predicted molar refractivity (Wildman–Crippen MR) is 82.7 cm³/mol. The van der Waals surface area contributed by atoms with E-state index < -0.39 is 0 Å². The van der Waals surface area contributed by atoms with Crippen LogP contribution < -0.4 is 4.74 Å². The normalized spacial score (nSPS) is 13.9. The van der Waals surface area contributed by atoms with Crippen LogP contribution in [0.2, 0.25) is 0 Å². The highest BCUT2D eigenvalue weighted by molar-refractivity contribution is 6.04. The van der Waals surface area contributed by atoms with Crippen molar-refractivity contribution in [2.45, 2.75) is 0 Å². The van der Waals surface area contributed by atoms with Crippen LogP contribution in [0, 0.1) is 0 Å². The number of benzene rings is 2. The minimum absolute atomic E-state index is 0.217. The lowest BCUT2D eigenvalue weighted by molar-refractivity contribution is 0.436. The number of aromatic hydroxyl groups is 1. The first-order chi connectivity index (χ1) is 9.67. The minimum Gasteiger partial charge on any atom is -0.507 e. The highest BCUT2D eigenvalue weighted by atomic mass is 16.5. The molecule has 98 valence electrons. The van der Waals surface area contributed by atoms with Crippen LogP contribution in [0.4, 0.5) is 0 Å². The fourth-order valence-electron chi connectivity index (χ4n) is 2.56. The zero-order valence-electron chi connectivity index (χ0n) is 11.0. The summed E-state index contributed by atoms with van der Waals surface area (Å²) in [5.74, 6) is 1.52. The lowest BCUT2D eigenvalue weighted by Crippen LogP contribution is -2.07. The van der Waals surface area contributed by atoms with Gasteiger partial charge in [-0.25, -0.2) is 0 Å². The third-order valence-corrected chi connectivity index (χ3v) is 3.49. The van der Waals surface area contributed by atoms with Gasteiger partial charge in [0.25, 0.3) is 0 Å². The molecule has 0 atom stereocenters. The standard InChI is InChI=1S/C18H14O2/c1-4-13-11(3)17-16(20-15(13)5-2)10-9-12-7-6-8-14(19)18(12)17/h4-10,19H,1-3H2. The number of hydrogen-bond donors (Lipinski definition) is 1. The van der Waals surface area contributed by atoms with Crippen molar-refractivity contribution in [3.63, 3.8) is 0 Å². The number of phenols is 1. The van der Waals surface area contributed by atoms with E-state index in [1.54, 1.807) is 18.2 Å². The molecule has 0 aliphatic carbocycles. The first-order valence-electron chi connectivity index (χ1n) is 6.28. The lowest BCUT2D eigenvalue weighted by Gasteiger charge is -2.24. The first-order valence-corrected chi connectivity index (χ1v) is 6.28. The Bertz CT molecular complexity index is 794. The summed E-state index contributed by atoms with van der Waals surface area (Å²) in [4.78, 5) is 0. The average molecular weight is 262 g/mol. The summed E-state index contributed by atoms with van der Waals surface area (Å²) in [5.41, 5.74) is 2.38. The Balaban J connectivity index is 2.39. The molecule has 2 aromatic carbocycles. The van der Waals surface area contributed by atoms with Gasteiger partial charge in [-0.3, -0.25) is 0 Å². The largest absolute Gasteiger partial charge is 0.507 e. The lowest BCUT2D eigenvalue weighted by atomic mass is 9.90. The molecular weight excluding hydrogens is 248 g/mol. The van der Waals surface area contributed by atoms with Crippen LogP contribution in [-0.2, 0) is 0 Å². The summed E-state index contributed by atoms with van der Waals surface area (Å²) < 4.78 is 5.84. The van der Waals surface area contributed by atoms with Gasteiger partial charge in [0.2, 0.25) is 0 Å². The van der Waals surface area contributed by atoms with Crippen LogP contribution in [0.15, 0.2) is 73.6 Å². The van der Waals surface area contributed by atoms with Crippen molar-refractivity contribution in [2.24, 2.45) is 0 Å². The van der Waals surface area contributed by atoms with E-state index in [-0.39, 0.29) is 5.75 Å². The van der Waals surface area contributed by atoms with E-state index in [0.29, 0.717) is 11.5 Å². The zero-order chi connectivity index (χ0) is 14.3. The molecule has 1 aliphatic heterocycles. The summed E-state index contributed by atoms with van der Waals surface area (Å²) in [6.07, 6.45) is 3.33. The number of fused-ring (bicyclic) bond motifs is 3. The van der Waals surface area contributed by atoms with E-state index in [4.69, 9.17) is 4.74 Å². The van der Waals surface area contributed by atoms with Crippen molar-refractivity contribution in [1.82, 2.24) is 0 Å². The van der Waals surface area contributed by atoms with Crippen molar-refractivity contribution >= 4 is 16.3 Å². The molecule has 0 saturated heterocycles. The van der Waals surface area contributed by atoms with Crippen LogP contribution in [-0.4, -0.2) is 5.11 Å². The summed E-state index contributed by atoms with van der Waals surface area (Å²) >= 11 is 0. The number of ether oxygens (including phenoxy) is 1. The summed E-state index contributed by atoms with van der Waals surface area (Å²) in [5, 5.41) is 11.9. The molecule has 2 heteroatoms. The van der Waals surface area contributed by atoms with Gasteiger partial charge in [-0.1, -0.05) is 44.0 Å². The van der Waals surface area contributed by atoms with Crippen LogP contribution in [0.5, 0.6) is 11.5 Å². The van der Waals surface area contributed by atoms with E-state index in [2.05, 4.69) is 19.7 Å². The van der Waals surface area contributed by atoms with Gasteiger partial charge in [0.15, 0.2) is 0 Å². The van der Waals surface area contributed by atoms with Crippen molar-refractivity contribution in [3.8, 4) is 11.5 Å². The SMILES string of the molecule is C=CC1=C(C=C)C(=C)c2c(ccc3cccc(O)c23)O1. The fourth-order valence-corrected chi connectivity index (χ4v) is 2.56. The van der Waals surface area contributed by atoms with Crippen LogP contribution in [0.1, 0.15) is 5.56 Å². The Morgan fingerprint density at radius 2 is 1.85 bits per heavy atom. The van der Waals surface area contributed by atoms with Gasteiger partial charge < -0.3 is 9.84 Å². The van der Waals surface area contributed by atoms with Crippen LogP contribution >= 0.6 is 0 Å². The van der Waals surface area contributed by atoms with Gasteiger partial charge >= 0.3 is 0 Å². The molecule has 2 aromatic rings. The minimum atomic E-state index is 0.217. The summed E-state index contributed by atoms with van der Waals surface area (Å²) in [6, 6.07) is 9.22. The smallest absolute Gasteiger partial charge is 0.136 e. The summed E-state index contributed by atoms with van der Waals surface area (Å²) in [7, 11) is 0. The average Bonchev–Trinajstić information content (AvgIpc) is 2.46. The third-order valence-electron chi connectivity index (χ3n) is 3.49. The van der Waals surface area contributed by atoms with Gasteiger partial charge in [0.05, 0.1) is 0 Å². The maximum absolute atomic E-state index is 10.2. The van der Waals surface area contributed by atoms with Gasteiger partial charge in [-0.2, -0.15) is 0 Å². The molecule has 0 fully saturated rings. The molecule has 0 radical (unpaired) electrons. The number of phenolic OH excluding ortho intramolecular Hbond substituents is 1. The molecule has 0 saturated carbocycles. The second-order valence-electron chi connectivity index (χ2n) is 4.58. The Labute approximate surface area is 117 Å². The van der Waals surface area contributed by atoms with Gasteiger partial charge in [-0.05, 0) is 29.2 Å². The van der Waals surface area contributed by atoms with Crippen LogP contribution in [0.3, 0.4) is 0 Å². The molecular formula is C18H14O2. The molecule has 3 rings (SSSR count). The molecule has 1 N–H and O–H groups in total. The van der Waals surface area contributed by atoms with Crippen molar-refractivity contribution in [2.75, 3.05) is 0 Å². The number of rotatable bonds is 2.